The van der Waals surface area contributed by atoms with Gasteiger partial charge in [-0.1, -0.05) is 18.2 Å². The van der Waals surface area contributed by atoms with Crippen molar-refractivity contribution in [2.75, 3.05) is 13.6 Å². The summed E-state index contributed by atoms with van der Waals surface area (Å²) in [5, 5.41) is 4.23. The van der Waals surface area contributed by atoms with Gasteiger partial charge in [0.05, 0.1) is 5.52 Å². The van der Waals surface area contributed by atoms with Crippen LogP contribution in [-0.2, 0) is 6.42 Å². The van der Waals surface area contributed by atoms with Crippen LogP contribution >= 0.6 is 0 Å². The van der Waals surface area contributed by atoms with Gasteiger partial charge < -0.3 is 10.3 Å². The maximum absolute atomic E-state index is 12.0. The van der Waals surface area contributed by atoms with E-state index in [1.54, 1.807) is 0 Å². The third kappa shape index (κ3) is 2.11. The lowest BCUT2D eigenvalue weighted by Crippen LogP contribution is -2.20. The van der Waals surface area contributed by atoms with Crippen LogP contribution in [0.1, 0.15) is 16.7 Å². The highest BCUT2D eigenvalue weighted by molar-refractivity contribution is 5.85. The van der Waals surface area contributed by atoms with Crippen molar-refractivity contribution < 1.29 is 0 Å². The minimum absolute atomic E-state index is 0.0413. The molecule has 3 heteroatoms. The van der Waals surface area contributed by atoms with Gasteiger partial charge in [0.15, 0.2) is 0 Å². The first-order chi connectivity index (χ1) is 8.15. The van der Waals surface area contributed by atoms with Gasteiger partial charge in [-0.15, -0.1) is 0 Å². The minimum Gasteiger partial charge on any atom is -0.321 e. The highest BCUT2D eigenvalue weighted by atomic mass is 16.1. The first-order valence-electron chi connectivity index (χ1n) is 5.91. The fourth-order valence-electron chi connectivity index (χ4n) is 2.22. The normalized spacial score (nSPS) is 11.0. The molecule has 1 heterocycles. The first-order valence-corrected chi connectivity index (χ1v) is 5.91. The topological polar surface area (TPSA) is 44.9 Å². The molecule has 2 N–H and O–H groups in total. The first kappa shape index (κ1) is 11.9. The second-order valence-electron chi connectivity index (χ2n) is 4.41. The van der Waals surface area contributed by atoms with Gasteiger partial charge in [0.2, 0.25) is 0 Å². The number of nitrogens with one attached hydrogen (secondary N) is 2. The average molecular weight is 230 g/mol. The Kier molecular flexibility index (Phi) is 3.29. The summed E-state index contributed by atoms with van der Waals surface area (Å²) in [6.07, 6.45) is 0.765. The van der Waals surface area contributed by atoms with E-state index in [-0.39, 0.29) is 5.56 Å². The minimum atomic E-state index is 0.0413. The predicted octanol–water partition coefficient (Wildman–Crippen LogP) is 1.91. The molecule has 2 rings (SSSR count). The van der Waals surface area contributed by atoms with Crippen LogP contribution < -0.4 is 10.9 Å². The number of likely N-dealkylation sites (N-methyl/N-ethyl adjacent to an activating group) is 1. The number of aromatic amines is 1. The monoisotopic (exact) mass is 230 g/mol. The Bertz CT molecular complexity index is 599. The summed E-state index contributed by atoms with van der Waals surface area (Å²) < 4.78 is 0. The van der Waals surface area contributed by atoms with Crippen LogP contribution in [0.3, 0.4) is 0 Å². The van der Waals surface area contributed by atoms with Gasteiger partial charge in [0, 0.05) is 10.9 Å². The number of aryl methyl sites for hydroxylation is 2. The summed E-state index contributed by atoms with van der Waals surface area (Å²) in [5.41, 5.74) is 4.10. The summed E-state index contributed by atoms with van der Waals surface area (Å²) in [6, 6.07) is 6.12. The number of hydrogen-bond donors (Lipinski definition) is 2. The quantitative estimate of drug-likeness (QED) is 0.846. The van der Waals surface area contributed by atoms with E-state index in [9.17, 15) is 4.79 Å². The summed E-state index contributed by atoms with van der Waals surface area (Å²) in [7, 11) is 1.90. The van der Waals surface area contributed by atoms with Gasteiger partial charge in [-0.2, -0.15) is 0 Å². The number of para-hydroxylation sites is 1. The lowest BCUT2D eigenvalue weighted by molar-refractivity contribution is 0.783. The maximum atomic E-state index is 12.0. The lowest BCUT2D eigenvalue weighted by Gasteiger charge is -2.10. The van der Waals surface area contributed by atoms with Crippen LogP contribution in [0.25, 0.3) is 10.9 Å². The van der Waals surface area contributed by atoms with Crippen LogP contribution in [0.15, 0.2) is 23.0 Å². The molecule has 0 spiro atoms. The summed E-state index contributed by atoms with van der Waals surface area (Å²) in [5.74, 6) is 0. The maximum Gasteiger partial charge on any atom is 0.251 e. The van der Waals surface area contributed by atoms with Gasteiger partial charge in [-0.25, -0.2) is 0 Å². The number of hydrogen-bond acceptors (Lipinski definition) is 2. The molecule has 0 saturated carbocycles. The van der Waals surface area contributed by atoms with Crippen molar-refractivity contribution in [1.29, 1.82) is 0 Å². The van der Waals surface area contributed by atoms with Crippen molar-refractivity contribution in [2.45, 2.75) is 20.3 Å². The molecule has 17 heavy (non-hydrogen) atoms. The van der Waals surface area contributed by atoms with E-state index in [0.29, 0.717) is 0 Å². The van der Waals surface area contributed by atoms with Crippen molar-refractivity contribution in [1.82, 2.24) is 10.3 Å². The zero-order chi connectivity index (χ0) is 12.4. The van der Waals surface area contributed by atoms with Crippen molar-refractivity contribution >= 4 is 10.9 Å². The van der Waals surface area contributed by atoms with Crippen LogP contribution in [-0.4, -0.2) is 18.6 Å². The van der Waals surface area contributed by atoms with E-state index in [1.165, 1.54) is 0 Å². The van der Waals surface area contributed by atoms with Crippen LogP contribution in [0.2, 0.25) is 0 Å². The second kappa shape index (κ2) is 4.72. The Morgan fingerprint density at radius 1 is 1.29 bits per heavy atom. The highest BCUT2D eigenvalue weighted by Gasteiger charge is 2.09. The van der Waals surface area contributed by atoms with E-state index in [0.717, 1.165) is 40.6 Å². The number of aromatic nitrogens is 1. The van der Waals surface area contributed by atoms with E-state index in [4.69, 9.17) is 0 Å². The van der Waals surface area contributed by atoms with Crippen LogP contribution in [0.5, 0.6) is 0 Å². The SMILES string of the molecule is CNCCc1c(C)c2cccc(C)c2[nH]c1=O. The van der Waals surface area contributed by atoms with Crippen molar-refractivity contribution in [3.63, 3.8) is 0 Å². The lowest BCUT2D eigenvalue weighted by atomic mass is 10.0. The Morgan fingerprint density at radius 2 is 2.06 bits per heavy atom. The number of benzene rings is 1. The molecule has 3 nitrogen and oxygen atoms in total. The molecule has 90 valence electrons. The fourth-order valence-corrected chi connectivity index (χ4v) is 2.22. The van der Waals surface area contributed by atoms with E-state index in [1.807, 2.05) is 33.0 Å². The Hall–Kier alpha value is -1.61. The molecule has 0 aliphatic rings. The largest absolute Gasteiger partial charge is 0.321 e. The Labute approximate surface area is 101 Å². The molecule has 0 saturated heterocycles. The van der Waals surface area contributed by atoms with Crippen molar-refractivity contribution in [3.05, 3.63) is 45.2 Å². The molecule has 1 aromatic heterocycles. The van der Waals surface area contributed by atoms with Gasteiger partial charge in [0.25, 0.3) is 5.56 Å². The standard InChI is InChI=1S/C14H18N2O/c1-9-5-4-6-11-10(2)12(7-8-15-3)14(17)16-13(9)11/h4-6,15H,7-8H2,1-3H3,(H,16,17). The van der Waals surface area contributed by atoms with E-state index in [2.05, 4.69) is 16.4 Å². The molecule has 0 aliphatic heterocycles. The molecule has 0 aliphatic carbocycles. The molecule has 0 radical (unpaired) electrons. The number of rotatable bonds is 3. The summed E-state index contributed by atoms with van der Waals surface area (Å²) in [6.45, 7) is 4.87. The van der Waals surface area contributed by atoms with E-state index >= 15 is 0 Å². The van der Waals surface area contributed by atoms with Gasteiger partial charge in [-0.3, -0.25) is 4.79 Å². The highest BCUT2D eigenvalue weighted by Crippen LogP contribution is 2.20. The number of H-pyrrole nitrogens is 1. The van der Waals surface area contributed by atoms with E-state index < -0.39 is 0 Å². The zero-order valence-corrected chi connectivity index (χ0v) is 10.6. The molecule has 0 bridgehead atoms. The third-order valence-corrected chi connectivity index (χ3v) is 3.27. The Balaban J connectivity index is 2.68. The van der Waals surface area contributed by atoms with Crippen LogP contribution in [0.4, 0.5) is 0 Å². The molecule has 0 unspecified atom stereocenters. The molecule has 0 amide bonds. The average Bonchev–Trinajstić information content (AvgIpc) is 2.31. The second-order valence-corrected chi connectivity index (χ2v) is 4.41. The number of pyridine rings is 1. The fraction of sp³-hybridized carbons (Fsp3) is 0.357. The van der Waals surface area contributed by atoms with Crippen molar-refractivity contribution in [2.24, 2.45) is 0 Å². The summed E-state index contributed by atoms with van der Waals surface area (Å²) >= 11 is 0. The Morgan fingerprint density at radius 3 is 2.76 bits per heavy atom. The number of fused-ring (bicyclic) bond motifs is 1. The summed E-state index contributed by atoms with van der Waals surface area (Å²) in [4.78, 5) is 15.0. The van der Waals surface area contributed by atoms with Crippen LogP contribution in [0, 0.1) is 13.8 Å². The third-order valence-electron chi connectivity index (χ3n) is 3.27. The smallest absolute Gasteiger partial charge is 0.251 e. The zero-order valence-electron chi connectivity index (χ0n) is 10.6. The van der Waals surface area contributed by atoms with Gasteiger partial charge in [0.1, 0.15) is 0 Å². The predicted molar refractivity (Wildman–Crippen MR) is 71.7 cm³/mol. The van der Waals surface area contributed by atoms with Crippen molar-refractivity contribution in [3.8, 4) is 0 Å². The molecule has 0 atom stereocenters. The van der Waals surface area contributed by atoms with Gasteiger partial charge in [-0.05, 0) is 45.0 Å². The molecule has 2 aromatic rings. The molecule has 1 aromatic carbocycles. The molecule has 0 fully saturated rings. The van der Waals surface area contributed by atoms with Gasteiger partial charge >= 0.3 is 0 Å². The molecular weight excluding hydrogens is 212 g/mol. The molecular formula is C14H18N2O.